The second-order valence-electron chi connectivity index (χ2n) is 6.50. The molecule has 0 aromatic carbocycles. The number of alkyl halides is 1. The molecule has 2 aromatic heterocycles. The van der Waals surface area contributed by atoms with Crippen LogP contribution in [0.1, 0.15) is 8.97 Å². The number of phosphoric ester groups is 1. The van der Waals surface area contributed by atoms with E-state index in [1.165, 1.54) is 0 Å². The van der Waals surface area contributed by atoms with Crippen molar-refractivity contribution in [2.24, 2.45) is 0 Å². The summed E-state index contributed by atoms with van der Waals surface area (Å²) in [6.07, 6.45) is -4.73. The fourth-order valence-electron chi connectivity index (χ4n) is 2.80. The van der Waals surface area contributed by atoms with Crippen LogP contribution in [0.5, 0.6) is 0 Å². The molecule has 0 bridgehead atoms. The molecule has 194 valence electrons. The Bertz CT molecular complexity index is 1400. The molecule has 0 spiro atoms. The fourth-order valence-corrected chi connectivity index (χ4v) is 5.68. The number of fused-ring (bicyclic) bond motifs is 1. The zero-order chi connectivity index (χ0) is 28.0. The number of rotatable bonds is 8. The van der Waals surface area contributed by atoms with E-state index in [0.717, 1.165) is 17.1 Å². The molecule has 8 N–H and O–H groups in total. The number of ether oxygens (including phenoxy) is 1. The molecule has 3 unspecified atom stereocenters. The summed E-state index contributed by atoms with van der Waals surface area (Å²) in [6, 6.07) is 0. The number of hydrogen-bond acceptors (Lipinski definition) is 13. The van der Waals surface area contributed by atoms with Crippen molar-refractivity contribution in [3.63, 3.8) is 0 Å². The lowest BCUT2D eigenvalue weighted by molar-refractivity contribution is -0.0719. The van der Waals surface area contributed by atoms with Crippen LogP contribution in [0, 0.1) is 11.8 Å². The third-order valence-corrected chi connectivity index (χ3v) is 7.70. The van der Waals surface area contributed by atoms with Gasteiger partial charge >= 0.3 is 23.5 Å². The van der Waals surface area contributed by atoms with Crippen LogP contribution in [0.2, 0.25) is 0 Å². The highest BCUT2D eigenvalue weighted by Crippen LogP contribution is 2.66. The molecule has 1 aliphatic rings. The summed E-state index contributed by atoms with van der Waals surface area (Å²) in [6.45, 7) is -5.02. The van der Waals surface area contributed by atoms with Gasteiger partial charge in [-0.05, 0) is 0 Å². The molecular weight excluding hydrogens is 546 g/mol. The first-order valence-electron chi connectivity index (χ1n) is 9.72. The number of aliphatic hydroxyl groups is 2. The van der Waals surface area contributed by atoms with E-state index in [2.05, 4.69) is 28.1 Å². The van der Waals surface area contributed by atoms with E-state index in [1.807, 2.05) is 11.8 Å². The molecular formula is C13H17FN5O13P3. The molecule has 35 heavy (non-hydrogen) atoms. The lowest BCUT2D eigenvalue weighted by atomic mass is 9.94. The largest absolute Gasteiger partial charge is 0.490 e. The summed E-state index contributed by atoms with van der Waals surface area (Å²) in [5.41, 5.74) is 2.63. The van der Waals surface area contributed by atoms with Crippen molar-refractivity contribution in [3.05, 3.63) is 12.5 Å². The molecule has 0 aliphatic carbocycles. The highest BCUT2D eigenvalue weighted by atomic mass is 31.3. The summed E-state index contributed by atoms with van der Waals surface area (Å²) in [7, 11) is -17.8. The molecule has 3 rings (SSSR count). The van der Waals surface area contributed by atoms with Crippen LogP contribution >= 0.6 is 23.5 Å². The lowest BCUT2D eigenvalue weighted by Gasteiger charge is -2.26. The van der Waals surface area contributed by atoms with Gasteiger partial charge in [0.05, 0.1) is 21.8 Å². The normalized spacial score (nSPS) is 29.5. The number of nitrogens with zero attached hydrogens (tertiary/aromatic N) is 4. The SMILES string of the molecule is [2H]C([2H])(OP(=O)(O)OP(=O)(O)OP(=O)(O)O)[C@H]1O[C@@H](n2cnc3cnc(N)nc32)C(O)(C#CCF)[C@H]1O. The van der Waals surface area contributed by atoms with Crippen molar-refractivity contribution >= 4 is 40.6 Å². The molecule has 1 saturated heterocycles. The number of nitrogen functional groups attached to an aromatic ring is 1. The smallest absolute Gasteiger partial charge is 0.386 e. The van der Waals surface area contributed by atoms with Crippen LogP contribution < -0.4 is 5.73 Å². The second-order valence-corrected chi connectivity index (χ2v) is 10.8. The molecule has 22 heteroatoms. The van der Waals surface area contributed by atoms with Crippen molar-refractivity contribution in [1.82, 2.24) is 19.5 Å². The van der Waals surface area contributed by atoms with Gasteiger partial charge in [0.25, 0.3) is 0 Å². The van der Waals surface area contributed by atoms with Gasteiger partial charge in [-0.1, -0.05) is 11.8 Å². The molecule has 0 amide bonds. The van der Waals surface area contributed by atoms with Gasteiger partial charge in [-0.2, -0.15) is 13.6 Å². The van der Waals surface area contributed by atoms with Gasteiger partial charge in [-0.25, -0.2) is 28.1 Å². The van der Waals surface area contributed by atoms with Crippen molar-refractivity contribution in [1.29, 1.82) is 0 Å². The summed E-state index contributed by atoms with van der Waals surface area (Å²) in [5.74, 6) is 3.52. The number of hydrogen-bond donors (Lipinski definition) is 7. The maximum Gasteiger partial charge on any atom is 0.490 e. The Labute approximate surface area is 196 Å². The molecule has 18 nitrogen and oxygen atoms in total. The number of phosphoric acid groups is 3. The number of anilines is 1. The number of aliphatic hydroxyl groups excluding tert-OH is 1. The van der Waals surface area contributed by atoms with E-state index in [1.54, 1.807) is 0 Å². The minimum Gasteiger partial charge on any atom is -0.386 e. The maximum atomic E-state index is 12.8. The summed E-state index contributed by atoms with van der Waals surface area (Å²) in [4.78, 5) is 47.6. The molecule has 6 atom stereocenters. The third-order valence-electron chi connectivity index (χ3n) is 4.03. The van der Waals surface area contributed by atoms with Crippen LogP contribution in [-0.4, -0.2) is 80.3 Å². The Morgan fingerprint density at radius 1 is 1.26 bits per heavy atom. The summed E-state index contributed by atoms with van der Waals surface area (Å²) in [5, 5.41) is 21.8. The van der Waals surface area contributed by atoms with E-state index in [9.17, 15) is 38.1 Å². The van der Waals surface area contributed by atoms with Crippen LogP contribution in [0.4, 0.5) is 10.3 Å². The molecule has 3 heterocycles. The first kappa shape index (κ1) is 24.8. The molecule has 0 radical (unpaired) electrons. The summed E-state index contributed by atoms with van der Waals surface area (Å²) < 4.78 is 80.5. The van der Waals surface area contributed by atoms with Crippen molar-refractivity contribution in [3.8, 4) is 11.8 Å². The summed E-state index contributed by atoms with van der Waals surface area (Å²) >= 11 is 0. The quantitative estimate of drug-likeness (QED) is 0.145. The predicted octanol–water partition coefficient (Wildman–Crippen LogP) is -1.29. The van der Waals surface area contributed by atoms with Crippen LogP contribution in [-0.2, 0) is 31.6 Å². The second kappa shape index (κ2) is 9.88. The van der Waals surface area contributed by atoms with Gasteiger partial charge in [-0.15, -0.1) is 0 Å². The number of aromatic nitrogens is 4. The Morgan fingerprint density at radius 2 is 1.94 bits per heavy atom. The first-order valence-corrected chi connectivity index (χ1v) is 13.2. The zero-order valence-electron chi connectivity index (χ0n) is 18.7. The van der Waals surface area contributed by atoms with Gasteiger partial charge in [-0.3, -0.25) is 9.09 Å². The van der Waals surface area contributed by atoms with Gasteiger partial charge in [0.2, 0.25) is 5.95 Å². The van der Waals surface area contributed by atoms with Gasteiger partial charge in [0.1, 0.15) is 24.4 Å². The Hall–Kier alpha value is -1.87. The Kier molecular flexibility index (Phi) is 7.00. The van der Waals surface area contributed by atoms with E-state index in [-0.39, 0.29) is 17.1 Å². The fraction of sp³-hybridized carbons (Fsp3) is 0.462. The average Bonchev–Trinajstić information content (AvgIpc) is 3.21. The van der Waals surface area contributed by atoms with E-state index >= 15 is 0 Å². The van der Waals surface area contributed by atoms with Crippen LogP contribution in [0.25, 0.3) is 11.2 Å². The van der Waals surface area contributed by atoms with Crippen molar-refractivity contribution in [2.75, 3.05) is 19.0 Å². The highest BCUT2D eigenvalue weighted by molar-refractivity contribution is 7.66. The first-order chi connectivity index (χ1) is 16.8. The van der Waals surface area contributed by atoms with Crippen LogP contribution in [0.15, 0.2) is 12.5 Å². The molecule has 0 saturated carbocycles. The highest BCUT2D eigenvalue weighted by Gasteiger charge is 2.57. The van der Waals surface area contributed by atoms with Gasteiger partial charge < -0.3 is 40.3 Å². The third kappa shape index (κ3) is 6.47. The van der Waals surface area contributed by atoms with Crippen molar-refractivity contribution in [2.45, 2.75) is 24.0 Å². The molecule has 1 fully saturated rings. The zero-order valence-corrected chi connectivity index (χ0v) is 19.4. The topological polar surface area (TPSA) is 279 Å². The predicted molar refractivity (Wildman–Crippen MR) is 108 cm³/mol. The minimum absolute atomic E-state index is 0.0767. The van der Waals surface area contributed by atoms with Gasteiger partial charge in [0, 0.05) is 0 Å². The van der Waals surface area contributed by atoms with E-state index < -0.39 is 60.7 Å². The van der Waals surface area contributed by atoms with E-state index in [0.29, 0.717) is 0 Å². The number of nitrogens with two attached hydrogens (primary N) is 1. The Morgan fingerprint density at radius 3 is 2.57 bits per heavy atom. The monoisotopic (exact) mass is 565 g/mol. The number of halogens is 1. The Balaban J connectivity index is 1.97. The standard InChI is InChI=1S/C13H17FN5O13P3/c14-3-1-2-13(21)9(20)8(5-29-34(25,26)32-35(27,28)31-33(22,23)24)30-11(13)19-6-17-7-4-16-12(15)18-10(7)19/h4,6,8-9,11,20-21H,3,5H2,(H,25,26)(H,27,28)(H2,15,16,18)(H2,22,23,24)/t8-,9+,11-,13?/m1/s1/i5D2. The minimum atomic E-state index is -6.07. The maximum absolute atomic E-state index is 12.8. The van der Waals surface area contributed by atoms with Gasteiger partial charge in [0.15, 0.2) is 17.5 Å². The van der Waals surface area contributed by atoms with E-state index in [4.69, 9.17) is 23.0 Å². The molecule has 1 aliphatic heterocycles. The number of imidazole rings is 1. The average molecular weight is 565 g/mol. The van der Waals surface area contributed by atoms with Crippen LogP contribution in [0.3, 0.4) is 0 Å². The van der Waals surface area contributed by atoms with Crippen molar-refractivity contribution < 1.29 is 68.5 Å². The molecule has 2 aromatic rings. The lowest BCUT2D eigenvalue weighted by Crippen LogP contribution is -2.46.